The van der Waals surface area contributed by atoms with Crippen molar-refractivity contribution in [3.63, 3.8) is 0 Å². The maximum absolute atomic E-state index is 12.9. The van der Waals surface area contributed by atoms with Gasteiger partial charge in [-0.3, -0.25) is 9.69 Å². The number of Topliss-reactive ketones (excluding diaryl/α,β-unsaturated/α-hetero) is 1. The summed E-state index contributed by atoms with van der Waals surface area (Å²) in [5.74, 6) is -2.55. The fourth-order valence-electron chi connectivity index (χ4n) is 1.50. The van der Waals surface area contributed by atoms with Gasteiger partial charge in [0, 0.05) is 5.56 Å². The second-order valence-corrected chi connectivity index (χ2v) is 3.59. The predicted octanol–water partition coefficient (Wildman–Crippen LogP) is 1.60. The maximum atomic E-state index is 12.9. The molecular weight excluding hydrogens is 232 g/mol. The zero-order valence-corrected chi connectivity index (χ0v) is 8.78. The summed E-state index contributed by atoms with van der Waals surface area (Å²) < 4.78 is 30.2. The summed E-state index contributed by atoms with van der Waals surface area (Å²) in [6.07, 6.45) is -0.569. The van der Waals surface area contributed by atoms with Crippen LogP contribution in [-0.2, 0) is 4.74 Å². The van der Waals surface area contributed by atoms with Gasteiger partial charge < -0.3 is 4.74 Å². The van der Waals surface area contributed by atoms with Crippen molar-refractivity contribution in [1.82, 2.24) is 4.90 Å². The van der Waals surface area contributed by atoms with E-state index >= 15 is 0 Å². The van der Waals surface area contributed by atoms with Crippen LogP contribution in [0.4, 0.5) is 13.6 Å². The molecule has 1 fully saturated rings. The number of halogens is 2. The van der Waals surface area contributed by atoms with E-state index in [4.69, 9.17) is 0 Å². The molecule has 0 aliphatic carbocycles. The van der Waals surface area contributed by atoms with Crippen molar-refractivity contribution in [3.8, 4) is 0 Å². The molecule has 1 amide bonds. The Hall–Kier alpha value is -1.98. The standard InChI is InChI=1S/C11H9F2NO3/c12-8-2-1-7(5-9(8)13)10(15)6-14-3-4-17-11(14)16/h1-2,5H,3-4,6H2. The Bertz CT molecular complexity index is 476. The molecule has 0 radical (unpaired) electrons. The van der Waals surface area contributed by atoms with Gasteiger partial charge in [-0.05, 0) is 18.2 Å². The first-order valence-corrected chi connectivity index (χ1v) is 4.98. The third-order valence-corrected chi connectivity index (χ3v) is 2.42. The molecule has 6 heteroatoms. The van der Waals surface area contributed by atoms with Gasteiger partial charge in [-0.25, -0.2) is 13.6 Å². The number of amides is 1. The molecule has 90 valence electrons. The Morgan fingerprint density at radius 3 is 2.71 bits per heavy atom. The molecular formula is C11H9F2NO3. The van der Waals surface area contributed by atoms with Gasteiger partial charge in [0.15, 0.2) is 17.4 Å². The van der Waals surface area contributed by atoms with Crippen LogP contribution in [0.25, 0.3) is 0 Å². The molecule has 4 nitrogen and oxygen atoms in total. The number of benzene rings is 1. The monoisotopic (exact) mass is 241 g/mol. The van der Waals surface area contributed by atoms with E-state index in [1.807, 2.05) is 0 Å². The number of rotatable bonds is 3. The maximum Gasteiger partial charge on any atom is 0.410 e. The first-order chi connectivity index (χ1) is 8.08. The second-order valence-electron chi connectivity index (χ2n) is 3.59. The quantitative estimate of drug-likeness (QED) is 0.755. The fraction of sp³-hybridized carbons (Fsp3) is 0.273. The summed E-state index contributed by atoms with van der Waals surface area (Å²) in [5.41, 5.74) is 0.0311. The molecule has 0 aromatic heterocycles. The third-order valence-electron chi connectivity index (χ3n) is 2.42. The number of hydrogen-bond acceptors (Lipinski definition) is 3. The van der Waals surface area contributed by atoms with Crippen molar-refractivity contribution in [3.05, 3.63) is 35.4 Å². The number of nitrogens with zero attached hydrogens (tertiary/aromatic N) is 1. The van der Waals surface area contributed by atoms with E-state index in [0.717, 1.165) is 12.1 Å². The molecule has 2 rings (SSSR count). The van der Waals surface area contributed by atoms with Gasteiger partial charge in [0.05, 0.1) is 13.1 Å². The molecule has 0 unspecified atom stereocenters. The average molecular weight is 241 g/mol. The highest BCUT2D eigenvalue weighted by Crippen LogP contribution is 2.11. The number of ketones is 1. The molecule has 0 N–H and O–H groups in total. The van der Waals surface area contributed by atoms with Gasteiger partial charge in [0.2, 0.25) is 0 Å². The Morgan fingerprint density at radius 1 is 1.35 bits per heavy atom. The summed E-state index contributed by atoms with van der Waals surface area (Å²) in [6.45, 7) is 0.377. The number of hydrogen-bond donors (Lipinski definition) is 0. The van der Waals surface area contributed by atoms with Crippen LogP contribution in [0.3, 0.4) is 0 Å². The van der Waals surface area contributed by atoms with E-state index in [1.165, 1.54) is 11.0 Å². The minimum Gasteiger partial charge on any atom is -0.448 e. The minimum atomic E-state index is -1.08. The molecule has 0 bridgehead atoms. The number of ether oxygens (including phenoxy) is 1. The number of cyclic esters (lactones) is 1. The molecule has 1 aliphatic rings. The summed E-state index contributed by atoms with van der Waals surface area (Å²) in [6, 6.07) is 2.88. The lowest BCUT2D eigenvalue weighted by Crippen LogP contribution is -2.30. The molecule has 1 aliphatic heterocycles. The van der Waals surface area contributed by atoms with E-state index in [1.54, 1.807) is 0 Å². The predicted molar refractivity (Wildman–Crippen MR) is 53.6 cm³/mol. The van der Waals surface area contributed by atoms with Gasteiger partial charge in [-0.2, -0.15) is 0 Å². The number of carbonyl (C=O) groups is 2. The zero-order valence-electron chi connectivity index (χ0n) is 8.78. The van der Waals surface area contributed by atoms with Gasteiger partial charge in [0.1, 0.15) is 6.61 Å². The average Bonchev–Trinajstić information content (AvgIpc) is 2.68. The van der Waals surface area contributed by atoms with E-state index in [9.17, 15) is 18.4 Å². The van der Waals surface area contributed by atoms with Crippen LogP contribution >= 0.6 is 0 Å². The first kappa shape index (κ1) is 11.5. The Labute approximate surface area is 95.8 Å². The SMILES string of the molecule is O=C(CN1CCOC1=O)c1ccc(F)c(F)c1. The minimum absolute atomic E-state index is 0.0311. The van der Waals surface area contributed by atoms with E-state index < -0.39 is 23.5 Å². The van der Waals surface area contributed by atoms with Crippen LogP contribution < -0.4 is 0 Å². The fourth-order valence-corrected chi connectivity index (χ4v) is 1.50. The van der Waals surface area contributed by atoms with Gasteiger partial charge in [0.25, 0.3) is 0 Å². The van der Waals surface area contributed by atoms with Gasteiger partial charge in [-0.1, -0.05) is 0 Å². The molecule has 17 heavy (non-hydrogen) atoms. The second kappa shape index (κ2) is 4.48. The van der Waals surface area contributed by atoms with E-state index in [-0.39, 0.29) is 18.7 Å². The van der Waals surface area contributed by atoms with Crippen LogP contribution in [0, 0.1) is 11.6 Å². The summed E-state index contributed by atoms with van der Waals surface area (Å²) >= 11 is 0. The van der Waals surface area contributed by atoms with Crippen molar-refractivity contribution in [2.45, 2.75) is 0 Å². The van der Waals surface area contributed by atoms with Gasteiger partial charge >= 0.3 is 6.09 Å². The van der Waals surface area contributed by atoms with Crippen LogP contribution in [0.2, 0.25) is 0 Å². The Kier molecular flexibility index (Phi) is 3.03. The molecule has 1 aromatic carbocycles. The van der Waals surface area contributed by atoms with Crippen LogP contribution in [-0.4, -0.2) is 36.5 Å². The highest BCUT2D eigenvalue weighted by atomic mass is 19.2. The Balaban J connectivity index is 2.09. The molecule has 0 spiro atoms. The van der Waals surface area contributed by atoms with Crippen LogP contribution in [0.5, 0.6) is 0 Å². The molecule has 1 heterocycles. The van der Waals surface area contributed by atoms with Crippen molar-refractivity contribution in [2.75, 3.05) is 19.7 Å². The lowest BCUT2D eigenvalue weighted by molar-refractivity contribution is 0.0943. The topological polar surface area (TPSA) is 46.6 Å². The van der Waals surface area contributed by atoms with Crippen LogP contribution in [0.15, 0.2) is 18.2 Å². The summed E-state index contributed by atoms with van der Waals surface area (Å²) in [4.78, 5) is 24.0. The van der Waals surface area contributed by atoms with E-state index in [0.29, 0.717) is 6.54 Å². The van der Waals surface area contributed by atoms with Crippen molar-refractivity contribution in [2.24, 2.45) is 0 Å². The van der Waals surface area contributed by atoms with E-state index in [2.05, 4.69) is 4.74 Å². The van der Waals surface area contributed by atoms with Crippen LogP contribution in [0.1, 0.15) is 10.4 Å². The smallest absolute Gasteiger partial charge is 0.410 e. The Morgan fingerprint density at radius 2 is 2.12 bits per heavy atom. The molecule has 1 saturated heterocycles. The normalized spacial score (nSPS) is 14.9. The largest absolute Gasteiger partial charge is 0.448 e. The van der Waals surface area contributed by atoms with Gasteiger partial charge in [-0.15, -0.1) is 0 Å². The highest BCUT2D eigenvalue weighted by Gasteiger charge is 2.24. The lowest BCUT2D eigenvalue weighted by Gasteiger charge is -2.11. The third kappa shape index (κ3) is 2.41. The lowest BCUT2D eigenvalue weighted by atomic mass is 10.1. The van der Waals surface area contributed by atoms with Crippen molar-refractivity contribution < 1.29 is 23.1 Å². The number of carbonyl (C=O) groups excluding carboxylic acids is 2. The highest BCUT2D eigenvalue weighted by molar-refractivity contribution is 5.99. The summed E-state index contributed by atoms with van der Waals surface area (Å²) in [7, 11) is 0. The summed E-state index contributed by atoms with van der Waals surface area (Å²) in [5, 5.41) is 0. The molecule has 0 atom stereocenters. The van der Waals surface area contributed by atoms with Crippen molar-refractivity contribution >= 4 is 11.9 Å². The molecule has 0 saturated carbocycles. The first-order valence-electron chi connectivity index (χ1n) is 4.98. The molecule has 1 aromatic rings. The van der Waals surface area contributed by atoms with Crippen molar-refractivity contribution in [1.29, 1.82) is 0 Å². The zero-order chi connectivity index (χ0) is 12.4.